The van der Waals surface area contributed by atoms with Gasteiger partial charge < -0.3 is 43.3 Å². The maximum absolute atomic E-state index is 14.5. The predicted octanol–water partition coefficient (Wildman–Crippen LogP) is 8.89. The Hall–Kier alpha value is -7.24. The molecule has 6 aromatic rings. The van der Waals surface area contributed by atoms with Crippen molar-refractivity contribution in [2.45, 2.75) is 152 Å². The quantitative estimate of drug-likeness (QED) is 0.0614. The van der Waals surface area contributed by atoms with E-state index in [2.05, 4.69) is 30.9 Å². The third-order valence-electron chi connectivity index (χ3n) is 12.8. The van der Waals surface area contributed by atoms with Crippen LogP contribution in [0.15, 0.2) is 74.3 Å². The minimum atomic E-state index is -0.846. The Morgan fingerprint density at radius 3 is 1.78 bits per heavy atom. The Morgan fingerprint density at radius 1 is 0.716 bits per heavy atom. The van der Waals surface area contributed by atoms with Crippen molar-refractivity contribution in [2.24, 2.45) is 18.9 Å². The SMILES string of the molecule is Cc1cc(CN(C)C(=O)[C@@H](CC(C)C)NC(=O)c2cc(CC(C)(C)c3cnc(COc4ccccc4C(=O)N[C@H](CC(C)C)C(=O)N(C)Cc4c(C)nn(C)c4C)o3)ccc2OCc2ncc(C(C)(C)C)o2)no1. The van der Waals surface area contributed by atoms with Crippen molar-refractivity contribution in [3.05, 3.63) is 129 Å². The van der Waals surface area contributed by atoms with Gasteiger partial charge in [0.1, 0.15) is 46.6 Å². The molecule has 0 bridgehead atoms. The fourth-order valence-corrected chi connectivity index (χ4v) is 8.63. The van der Waals surface area contributed by atoms with Gasteiger partial charge in [-0.25, -0.2) is 9.97 Å². The fourth-order valence-electron chi connectivity index (χ4n) is 8.63. The standard InChI is InChI=1S/C56H75N9O9/c1-33(2)22-43(53(68)63(13)29-39-24-35(5)74-62-39)60-52(67)41-25-38(20-21-46(41)71-31-49-57-27-47(72-49)55(8,9)10)26-56(11,12)48-28-58-50(73-48)32-70-45-19-17-16-18-40(45)51(66)59-44(23-34(3)4)54(69)64(14)30-42-36(6)61-65(15)37(42)7/h16-21,24-25,27-28,33-34,43-44H,22-23,26,29-32H2,1-15H3,(H,59,66)(H,60,67)/t43-,44-/m1/s1. The number of carbonyl (C=O) groups excluding carboxylic acids is 4. The number of ether oxygens (including phenoxy) is 2. The molecule has 2 N–H and O–H groups in total. The third-order valence-corrected chi connectivity index (χ3v) is 12.8. The molecule has 0 aliphatic carbocycles. The van der Waals surface area contributed by atoms with Gasteiger partial charge in [-0.3, -0.25) is 23.9 Å². The van der Waals surface area contributed by atoms with Crippen LogP contribution >= 0.6 is 0 Å². The molecule has 74 heavy (non-hydrogen) atoms. The molecule has 18 nitrogen and oxygen atoms in total. The molecule has 6 rings (SSSR count). The number of benzene rings is 2. The second kappa shape index (κ2) is 23.7. The summed E-state index contributed by atoms with van der Waals surface area (Å²) in [5, 5.41) is 14.5. The second-order valence-electron chi connectivity index (χ2n) is 21.9. The Labute approximate surface area is 434 Å². The van der Waals surface area contributed by atoms with Crippen molar-refractivity contribution in [3.8, 4) is 11.5 Å². The maximum atomic E-state index is 14.5. The zero-order valence-electron chi connectivity index (χ0n) is 45.8. The maximum Gasteiger partial charge on any atom is 0.255 e. The molecule has 18 heteroatoms. The number of hydrogen-bond acceptors (Lipinski definition) is 13. The minimum absolute atomic E-state index is 0.0314. The van der Waals surface area contributed by atoms with Gasteiger partial charge in [-0.15, -0.1) is 0 Å². The minimum Gasteiger partial charge on any atom is -0.483 e. The van der Waals surface area contributed by atoms with E-state index in [4.69, 9.17) is 22.8 Å². The summed E-state index contributed by atoms with van der Waals surface area (Å²) in [6.45, 7) is 24.2. The topological polar surface area (TPSA) is 213 Å². The normalized spacial score (nSPS) is 12.7. The fraction of sp³-hybridized carbons (Fsp3) is 0.500. The molecule has 0 fully saturated rings. The van der Waals surface area contributed by atoms with Gasteiger partial charge in [-0.2, -0.15) is 5.10 Å². The van der Waals surface area contributed by atoms with E-state index >= 15 is 0 Å². The zero-order valence-corrected chi connectivity index (χ0v) is 45.8. The summed E-state index contributed by atoms with van der Waals surface area (Å²) in [6.07, 6.45) is 4.58. The average molecular weight is 1020 g/mol. The number of nitrogens with one attached hydrogen (secondary N) is 2. The van der Waals surface area contributed by atoms with Gasteiger partial charge in [0.15, 0.2) is 13.2 Å². The summed E-state index contributed by atoms with van der Waals surface area (Å²) in [5.74, 6) is 1.93. The molecule has 4 heterocycles. The lowest BCUT2D eigenvalue weighted by Crippen LogP contribution is -2.48. The Kier molecular flexibility index (Phi) is 18.0. The van der Waals surface area contributed by atoms with Crippen molar-refractivity contribution >= 4 is 23.6 Å². The predicted molar refractivity (Wildman–Crippen MR) is 278 cm³/mol. The van der Waals surface area contributed by atoms with Crippen molar-refractivity contribution in [3.63, 3.8) is 0 Å². The first-order valence-corrected chi connectivity index (χ1v) is 25.2. The lowest BCUT2D eigenvalue weighted by molar-refractivity contribution is -0.133. The number of amides is 4. The van der Waals surface area contributed by atoms with Crippen LogP contribution in [0.2, 0.25) is 0 Å². The number of hydrogen-bond donors (Lipinski definition) is 2. The van der Waals surface area contributed by atoms with Crippen molar-refractivity contribution in [1.82, 2.24) is 45.3 Å². The van der Waals surface area contributed by atoms with E-state index in [-0.39, 0.29) is 71.6 Å². The molecular weight excluding hydrogens is 943 g/mol. The smallest absolute Gasteiger partial charge is 0.255 e. The van der Waals surface area contributed by atoms with Gasteiger partial charge >= 0.3 is 0 Å². The van der Waals surface area contributed by atoms with Crippen LogP contribution in [0.25, 0.3) is 0 Å². The first-order chi connectivity index (χ1) is 34.8. The van der Waals surface area contributed by atoms with E-state index in [1.54, 1.807) is 85.5 Å². The van der Waals surface area contributed by atoms with Crippen LogP contribution in [0.5, 0.6) is 11.5 Å². The molecule has 0 saturated carbocycles. The van der Waals surface area contributed by atoms with Gasteiger partial charge in [-0.1, -0.05) is 85.7 Å². The highest BCUT2D eigenvalue weighted by Gasteiger charge is 2.32. The number of aryl methyl sites for hydroxylation is 3. The van der Waals surface area contributed by atoms with Crippen LogP contribution in [0, 0.1) is 32.6 Å². The third kappa shape index (κ3) is 14.5. The van der Waals surface area contributed by atoms with Gasteiger partial charge in [0, 0.05) is 55.8 Å². The number of para-hydroxylation sites is 1. The highest BCUT2D eigenvalue weighted by atomic mass is 16.5. The van der Waals surface area contributed by atoms with Crippen molar-refractivity contribution in [2.75, 3.05) is 14.1 Å². The molecule has 0 saturated heterocycles. The van der Waals surface area contributed by atoms with E-state index in [0.717, 1.165) is 22.5 Å². The van der Waals surface area contributed by atoms with E-state index in [0.29, 0.717) is 60.4 Å². The molecule has 2 atom stereocenters. The lowest BCUT2D eigenvalue weighted by Gasteiger charge is -2.26. The monoisotopic (exact) mass is 1020 g/mol. The summed E-state index contributed by atoms with van der Waals surface area (Å²) in [4.78, 5) is 68.3. The molecular formula is C56H75N9O9. The largest absolute Gasteiger partial charge is 0.483 e. The van der Waals surface area contributed by atoms with Crippen LogP contribution in [-0.4, -0.2) is 84.5 Å². The summed E-state index contributed by atoms with van der Waals surface area (Å²) >= 11 is 0. The molecule has 0 radical (unpaired) electrons. The van der Waals surface area contributed by atoms with Crippen LogP contribution in [0.4, 0.5) is 0 Å². The summed E-state index contributed by atoms with van der Waals surface area (Å²) in [5.41, 5.74) is 3.78. The van der Waals surface area contributed by atoms with Gasteiger partial charge in [0.05, 0.1) is 35.8 Å². The number of rotatable bonds is 23. The van der Waals surface area contributed by atoms with Crippen LogP contribution < -0.4 is 20.1 Å². The lowest BCUT2D eigenvalue weighted by atomic mass is 9.83. The molecule has 398 valence electrons. The van der Waals surface area contributed by atoms with Crippen molar-refractivity contribution < 1.29 is 42.0 Å². The Balaban J connectivity index is 1.17. The van der Waals surface area contributed by atoms with Gasteiger partial charge in [0.25, 0.3) is 11.8 Å². The molecule has 0 spiro atoms. The number of likely N-dealkylation sites (N-methyl/N-ethyl adjacent to an activating group) is 2. The van der Waals surface area contributed by atoms with Crippen LogP contribution in [0.3, 0.4) is 0 Å². The Morgan fingerprint density at radius 2 is 1.26 bits per heavy atom. The number of aromatic nitrogens is 5. The van der Waals surface area contributed by atoms with Crippen LogP contribution in [0.1, 0.15) is 153 Å². The molecule has 0 aliphatic rings. The van der Waals surface area contributed by atoms with E-state index in [1.807, 2.05) is 89.3 Å². The summed E-state index contributed by atoms with van der Waals surface area (Å²) in [6, 6.07) is 12.4. The highest BCUT2D eigenvalue weighted by Crippen LogP contribution is 2.32. The highest BCUT2D eigenvalue weighted by molar-refractivity contribution is 6.00. The Bertz CT molecular complexity index is 2900. The average Bonchev–Trinajstić information content (AvgIpc) is 4.15. The van der Waals surface area contributed by atoms with E-state index in [1.165, 1.54) is 4.90 Å². The molecule has 4 amide bonds. The summed E-state index contributed by atoms with van der Waals surface area (Å²) in [7, 11) is 5.29. The molecule has 0 aliphatic heterocycles. The number of oxazole rings is 2. The van der Waals surface area contributed by atoms with Gasteiger partial charge in [0.2, 0.25) is 23.6 Å². The first-order valence-electron chi connectivity index (χ1n) is 25.2. The van der Waals surface area contributed by atoms with Gasteiger partial charge in [-0.05, 0) is 81.7 Å². The number of nitrogens with zero attached hydrogens (tertiary/aromatic N) is 7. The zero-order chi connectivity index (χ0) is 54.2. The number of carbonyl (C=O) groups is 4. The second-order valence-corrected chi connectivity index (χ2v) is 21.9. The van der Waals surface area contributed by atoms with E-state index < -0.39 is 29.3 Å². The van der Waals surface area contributed by atoms with Crippen LogP contribution in [-0.2, 0) is 60.2 Å². The summed E-state index contributed by atoms with van der Waals surface area (Å²) < 4.78 is 31.7. The molecule has 4 aromatic heterocycles. The molecule has 0 unspecified atom stereocenters. The molecule has 2 aromatic carbocycles. The van der Waals surface area contributed by atoms with Crippen molar-refractivity contribution in [1.29, 1.82) is 0 Å². The first kappa shape index (κ1) is 56.1. The van der Waals surface area contributed by atoms with E-state index in [9.17, 15) is 19.2 Å².